The van der Waals surface area contributed by atoms with Gasteiger partial charge in [0.15, 0.2) is 0 Å². The third kappa shape index (κ3) is 9.85. The minimum atomic E-state index is -0.277. The SMILES string of the molecule is CC(=O)OC(CCCN(C)C)c1ccc(C(CCCN(C)C)OC(C)=O)cc1. The topological polar surface area (TPSA) is 59.1 Å². The Bertz CT molecular complexity index is 546. The molecule has 158 valence electrons. The summed E-state index contributed by atoms with van der Waals surface area (Å²) in [5.41, 5.74) is 1.93. The maximum absolute atomic E-state index is 11.5. The molecule has 6 nitrogen and oxygen atoms in total. The summed E-state index contributed by atoms with van der Waals surface area (Å²) in [4.78, 5) is 27.2. The molecule has 0 radical (unpaired) electrons. The fourth-order valence-electron chi connectivity index (χ4n) is 3.10. The van der Waals surface area contributed by atoms with E-state index in [0.29, 0.717) is 0 Å². The molecule has 0 aromatic heterocycles. The van der Waals surface area contributed by atoms with Gasteiger partial charge in [-0.05, 0) is 78.1 Å². The maximum Gasteiger partial charge on any atom is 0.303 e. The van der Waals surface area contributed by atoms with E-state index in [2.05, 4.69) is 9.80 Å². The van der Waals surface area contributed by atoms with Gasteiger partial charge in [0.25, 0.3) is 0 Å². The van der Waals surface area contributed by atoms with Gasteiger partial charge < -0.3 is 19.3 Å². The average molecular weight is 393 g/mol. The third-order valence-electron chi connectivity index (χ3n) is 4.44. The number of benzene rings is 1. The number of carbonyl (C=O) groups is 2. The van der Waals surface area contributed by atoms with E-state index in [1.165, 1.54) is 13.8 Å². The van der Waals surface area contributed by atoms with E-state index in [0.717, 1.165) is 49.9 Å². The Balaban J connectivity index is 2.85. The number of carbonyl (C=O) groups excluding carboxylic acids is 2. The quantitative estimate of drug-likeness (QED) is 0.507. The molecule has 1 aromatic carbocycles. The van der Waals surface area contributed by atoms with Crippen LogP contribution in [0.15, 0.2) is 24.3 Å². The molecule has 2 atom stereocenters. The molecule has 0 bridgehead atoms. The number of rotatable bonds is 12. The van der Waals surface area contributed by atoms with Crippen LogP contribution in [0.25, 0.3) is 0 Å². The lowest BCUT2D eigenvalue weighted by Gasteiger charge is -2.21. The fourth-order valence-corrected chi connectivity index (χ4v) is 3.10. The molecular weight excluding hydrogens is 356 g/mol. The summed E-state index contributed by atoms with van der Waals surface area (Å²) in [5.74, 6) is -0.555. The second-order valence-electron chi connectivity index (χ2n) is 7.75. The van der Waals surface area contributed by atoms with E-state index >= 15 is 0 Å². The van der Waals surface area contributed by atoms with Crippen LogP contribution in [-0.4, -0.2) is 63.0 Å². The van der Waals surface area contributed by atoms with Crippen molar-refractivity contribution < 1.29 is 19.1 Å². The van der Waals surface area contributed by atoms with Crippen LogP contribution in [0, 0.1) is 0 Å². The van der Waals surface area contributed by atoms with E-state index in [4.69, 9.17) is 9.47 Å². The Morgan fingerprint density at radius 3 is 1.32 bits per heavy atom. The first kappa shape index (κ1) is 24.1. The molecule has 0 saturated carbocycles. The first-order valence-corrected chi connectivity index (χ1v) is 9.92. The van der Waals surface area contributed by atoms with Crippen LogP contribution < -0.4 is 0 Å². The lowest BCUT2D eigenvalue weighted by atomic mass is 9.99. The van der Waals surface area contributed by atoms with Crippen molar-refractivity contribution in [2.75, 3.05) is 41.3 Å². The highest BCUT2D eigenvalue weighted by atomic mass is 16.5. The smallest absolute Gasteiger partial charge is 0.303 e. The molecule has 0 aliphatic heterocycles. The van der Waals surface area contributed by atoms with Crippen LogP contribution in [-0.2, 0) is 19.1 Å². The molecule has 0 aliphatic carbocycles. The molecule has 0 fully saturated rings. The van der Waals surface area contributed by atoms with Crippen LogP contribution in [0.2, 0.25) is 0 Å². The Morgan fingerprint density at radius 2 is 1.07 bits per heavy atom. The standard InChI is InChI=1S/C22H36N2O4/c1-17(25)27-21(9-7-15-23(3)4)19-11-13-20(14-12-19)22(28-18(2)26)10-8-16-24(5)6/h11-14,21-22H,7-10,15-16H2,1-6H3. The van der Waals surface area contributed by atoms with Crippen molar-refractivity contribution in [3.63, 3.8) is 0 Å². The summed E-state index contributed by atoms with van der Waals surface area (Å²) in [6, 6.07) is 7.89. The molecule has 0 amide bonds. The van der Waals surface area contributed by atoms with E-state index in [9.17, 15) is 9.59 Å². The first-order valence-electron chi connectivity index (χ1n) is 9.92. The van der Waals surface area contributed by atoms with Crippen molar-refractivity contribution in [1.29, 1.82) is 0 Å². The van der Waals surface area contributed by atoms with Crippen LogP contribution >= 0.6 is 0 Å². The van der Waals surface area contributed by atoms with Crippen molar-refractivity contribution in [2.45, 2.75) is 51.7 Å². The minimum absolute atomic E-state index is 0.257. The van der Waals surface area contributed by atoms with Gasteiger partial charge in [-0.1, -0.05) is 24.3 Å². The molecule has 28 heavy (non-hydrogen) atoms. The van der Waals surface area contributed by atoms with Crippen molar-refractivity contribution >= 4 is 11.9 Å². The number of hydrogen-bond acceptors (Lipinski definition) is 6. The first-order chi connectivity index (χ1) is 13.2. The van der Waals surface area contributed by atoms with Crippen LogP contribution in [0.4, 0.5) is 0 Å². The van der Waals surface area contributed by atoms with E-state index in [-0.39, 0.29) is 24.1 Å². The number of nitrogens with zero attached hydrogens (tertiary/aromatic N) is 2. The van der Waals surface area contributed by atoms with Gasteiger partial charge in [-0.3, -0.25) is 9.59 Å². The second-order valence-corrected chi connectivity index (χ2v) is 7.75. The Hall–Kier alpha value is -1.92. The molecular formula is C22H36N2O4. The number of esters is 2. The van der Waals surface area contributed by atoms with E-state index < -0.39 is 0 Å². The van der Waals surface area contributed by atoms with Gasteiger partial charge in [-0.25, -0.2) is 0 Å². The number of hydrogen-bond donors (Lipinski definition) is 0. The summed E-state index contributed by atoms with van der Waals surface area (Å²) in [6.07, 6.45) is 2.90. The molecule has 0 saturated heterocycles. The Labute approximate surface area is 169 Å². The van der Waals surface area contributed by atoms with Gasteiger partial charge in [0, 0.05) is 13.8 Å². The van der Waals surface area contributed by atoms with Gasteiger partial charge in [0.1, 0.15) is 12.2 Å². The van der Waals surface area contributed by atoms with E-state index in [1.807, 2.05) is 52.5 Å². The van der Waals surface area contributed by atoms with Crippen LogP contribution in [0.1, 0.15) is 62.9 Å². The molecule has 0 heterocycles. The molecule has 2 unspecified atom stereocenters. The maximum atomic E-state index is 11.5. The Morgan fingerprint density at radius 1 is 0.750 bits per heavy atom. The monoisotopic (exact) mass is 392 g/mol. The molecule has 0 spiro atoms. The molecule has 1 aromatic rings. The van der Waals surface area contributed by atoms with Gasteiger partial charge in [-0.2, -0.15) is 0 Å². The zero-order valence-corrected chi connectivity index (χ0v) is 18.2. The highest BCUT2D eigenvalue weighted by Gasteiger charge is 2.18. The lowest BCUT2D eigenvalue weighted by Crippen LogP contribution is -2.16. The largest absolute Gasteiger partial charge is 0.458 e. The summed E-state index contributed by atoms with van der Waals surface area (Å²) in [5, 5.41) is 0. The highest BCUT2D eigenvalue weighted by Crippen LogP contribution is 2.28. The van der Waals surface area contributed by atoms with Crippen LogP contribution in [0.5, 0.6) is 0 Å². The second kappa shape index (κ2) is 12.5. The molecule has 6 heteroatoms. The Kier molecular flexibility index (Phi) is 10.8. The minimum Gasteiger partial charge on any atom is -0.458 e. The zero-order valence-electron chi connectivity index (χ0n) is 18.2. The molecule has 0 aliphatic rings. The zero-order chi connectivity index (χ0) is 21.1. The van der Waals surface area contributed by atoms with Crippen LogP contribution in [0.3, 0.4) is 0 Å². The highest BCUT2D eigenvalue weighted by molar-refractivity contribution is 5.66. The third-order valence-corrected chi connectivity index (χ3v) is 4.44. The molecule has 0 N–H and O–H groups in total. The summed E-state index contributed by atoms with van der Waals surface area (Å²) in [7, 11) is 8.12. The van der Waals surface area contributed by atoms with Gasteiger partial charge >= 0.3 is 11.9 Å². The predicted octanol–water partition coefficient (Wildman–Crippen LogP) is 3.58. The van der Waals surface area contributed by atoms with Crippen molar-refractivity contribution in [1.82, 2.24) is 9.80 Å². The van der Waals surface area contributed by atoms with Crippen molar-refractivity contribution in [3.8, 4) is 0 Å². The fraction of sp³-hybridized carbons (Fsp3) is 0.636. The molecule has 1 rings (SSSR count). The predicted molar refractivity (Wildman–Crippen MR) is 111 cm³/mol. The normalized spacial score (nSPS) is 13.4. The lowest BCUT2D eigenvalue weighted by molar-refractivity contribution is -0.148. The van der Waals surface area contributed by atoms with Crippen molar-refractivity contribution in [3.05, 3.63) is 35.4 Å². The number of ether oxygens (including phenoxy) is 2. The van der Waals surface area contributed by atoms with E-state index in [1.54, 1.807) is 0 Å². The van der Waals surface area contributed by atoms with Gasteiger partial charge in [0.2, 0.25) is 0 Å². The van der Waals surface area contributed by atoms with Crippen molar-refractivity contribution in [2.24, 2.45) is 0 Å². The average Bonchev–Trinajstić information content (AvgIpc) is 2.59. The van der Waals surface area contributed by atoms with Gasteiger partial charge in [0.05, 0.1) is 0 Å². The summed E-state index contributed by atoms with van der Waals surface area (Å²) in [6.45, 7) is 4.76. The summed E-state index contributed by atoms with van der Waals surface area (Å²) >= 11 is 0. The summed E-state index contributed by atoms with van der Waals surface area (Å²) < 4.78 is 11.1. The van der Waals surface area contributed by atoms with Gasteiger partial charge in [-0.15, -0.1) is 0 Å².